The molecule has 1 aromatic heterocycles. The van der Waals surface area contributed by atoms with Crippen LogP contribution < -0.4 is 5.32 Å². The van der Waals surface area contributed by atoms with Crippen LogP contribution in [-0.4, -0.2) is 18.2 Å². The zero-order valence-corrected chi connectivity index (χ0v) is 10.2. The summed E-state index contributed by atoms with van der Waals surface area (Å²) in [6.45, 7) is 2.09. The molecule has 1 fully saturated rings. The zero-order valence-electron chi connectivity index (χ0n) is 9.42. The molecule has 15 heavy (non-hydrogen) atoms. The predicted octanol–water partition coefficient (Wildman–Crippen LogP) is 2.41. The van der Waals surface area contributed by atoms with Gasteiger partial charge in [0, 0.05) is 15.8 Å². The Balaban J connectivity index is 2.09. The summed E-state index contributed by atoms with van der Waals surface area (Å²) >= 11 is 1.73. The van der Waals surface area contributed by atoms with Gasteiger partial charge in [-0.05, 0) is 51.8 Å². The van der Waals surface area contributed by atoms with Crippen LogP contribution in [0.1, 0.15) is 35.4 Å². The lowest BCUT2D eigenvalue weighted by Gasteiger charge is -2.35. The van der Waals surface area contributed by atoms with Crippen LogP contribution >= 0.6 is 11.3 Å². The second kappa shape index (κ2) is 4.24. The molecule has 1 aromatic rings. The third kappa shape index (κ3) is 2.25. The van der Waals surface area contributed by atoms with Crippen LogP contribution in [0.15, 0.2) is 12.1 Å². The quantitative estimate of drug-likeness (QED) is 0.810. The Kier molecular flexibility index (Phi) is 3.14. The van der Waals surface area contributed by atoms with Gasteiger partial charge in [0.05, 0.1) is 5.60 Å². The summed E-state index contributed by atoms with van der Waals surface area (Å²) in [6.07, 6.45) is 3.92. The predicted molar refractivity (Wildman–Crippen MR) is 64.3 cm³/mol. The third-order valence-electron chi connectivity index (χ3n) is 3.42. The van der Waals surface area contributed by atoms with E-state index in [1.54, 1.807) is 11.3 Å². The molecule has 2 N–H and O–H groups in total. The van der Waals surface area contributed by atoms with Crippen molar-refractivity contribution < 1.29 is 5.11 Å². The lowest BCUT2D eigenvalue weighted by atomic mass is 9.81. The molecule has 1 saturated carbocycles. The minimum absolute atomic E-state index is 0.549. The maximum Gasteiger partial charge on any atom is 0.0989 e. The van der Waals surface area contributed by atoms with Gasteiger partial charge in [-0.3, -0.25) is 0 Å². The van der Waals surface area contributed by atoms with Gasteiger partial charge in [-0.2, -0.15) is 0 Å². The highest BCUT2D eigenvalue weighted by molar-refractivity contribution is 7.12. The first-order chi connectivity index (χ1) is 7.14. The van der Waals surface area contributed by atoms with Gasteiger partial charge in [0.25, 0.3) is 0 Å². The molecule has 0 spiro atoms. The fourth-order valence-corrected chi connectivity index (χ4v) is 3.33. The molecule has 1 heterocycles. The number of rotatable bonds is 2. The van der Waals surface area contributed by atoms with Crippen molar-refractivity contribution in [2.75, 3.05) is 7.05 Å². The normalized spacial score (nSPS) is 31.8. The molecule has 1 aliphatic rings. The van der Waals surface area contributed by atoms with E-state index in [1.165, 1.54) is 4.88 Å². The van der Waals surface area contributed by atoms with E-state index in [-0.39, 0.29) is 0 Å². The summed E-state index contributed by atoms with van der Waals surface area (Å²) < 4.78 is 0. The molecule has 0 amide bonds. The van der Waals surface area contributed by atoms with E-state index < -0.39 is 5.60 Å². The Labute approximate surface area is 95.3 Å². The first-order valence-electron chi connectivity index (χ1n) is 5.60. The van der Waals surface area contributed by atoms with Crippen LogP contribution in [0.2, 0.25) is 0 Å². The van der Waals surface area contributed by atoms with Gasteiger partial charge in [0.1, 0.15) is 0 Å². The number of nitrogens with one attached hydrogen (secondary N) is 1. The van der Waals surface area contributed by atoms with Crippen LogP contribution in [0.3, 0.4) is 0 Å². The van der Waals surface area contributed by atoms with Gasteiger partial charge in [-0.25, -0.2) is 0 Å². The van der Waals surface area contributed by atoms with Gasteiger partial charge in [0.2, 0.25) is 0 Å². The highest BCUT2D eigenvalue weighted by Crippen LogP contribution is 2.39. The van der Waals surface area contributed by atoms with Crippen molar-refractivity contribution in [3.63, 3.8) is 0 Å². The summed E-state index contributed by atoms with van der Waals surface area (Å²) in [4.78, 5) is 2.43. The van der Waals surface area contributed by atoms with Gasteiger partial charge in [-0.15, -0.1) is 11.3 Å². The van der Waals surface area contributed by atoms with Crippen molar-refractivity contribution in [2.45, 2.75) is 44.2 Å². The van der Waals surface area contributed by atoms with Crippen molar-refractivity contribution in [1.29, 1.82) is 0 Å². The molecule has 0 radical (unpaired) electrons. The number of aliphatic hydroxyl groups is 1. The monoisotopic (exact) mass is 225 g/mol. The molecule has 2 nitrogen and oxygen atoms in total. The SMILES string of the molecule is CNC1CCC(O)(c2ccc(C)s2)CC1. The molecule has 0 atom stereocenters. The Morgan fingerprint density at radius 3 is 2.53 bits per heavy atom. The van der Waals surface area contributed by atoms with E-state index in [1.807, 2.05) is 7.05 Å². The molecule has 2 rings (SSSR count). The van der Waals surface area contributed by atoms with Crippen LogP contribution in [0.4, 0.5) is 0 Å². The van der Waals surface area contributed by atoms with Crippen LogP contribution in [0, 0.1) is 6.92 Å². The first-order valence-corrected chi connectivity index (χ1v) is 6.42. The fraction of sp³-hybridized carbons (Fsp3) is 0.667. The first kappa shape index (κ1) is 11.1. The summed E-state index contributed by atoms with van der Waals surface area (Å²) in [5.74, 6) is 0. The minimum atomic E-state index is -0.549. The van der Waals surface area contributed by atoms with E-state index in [9.17, 15) is 5.11 Å². The maximum atomic E-state index is 10.6. The van der Waals surface area contributed by atoms with E-state index in [2.05, 4.69) is 24.4 Å². The van der Waals surface area contributed by atoms with Gasteiger partial charge < -0.3 is 10.4 Å². The molecule has 0 aromatic carbocycles. The Morgan fingerprint density at radius 1 is 1.40 bits per heavy atom. The van der Waals surface area contributed by atoms with Crippen molar-refractivity contribution in [3.05, 3.63) is 21.9 Å². The highest BCUT2D eigenvalue weighted by atomic mass is 32.1. The molecule has 3 heteroatoms. The topological polar surface area (TPSA) is 32.3 Å². The Hall–Kier alpha value is -0.380. The molecule has 84 valence electrons. The number of thiophene rings is 1. The standard InChI is InChI=1S/C12H19NOS/c1-9-3-4-11(15-9)12(14)7-5-10(13-2)6-8-12/h3-4,10,13-14H,5-8H2,1-2H3. The zero-order chi connectivity index (χ0) is 10.9. The molecule has 1 aliphatic carbocycles. The maximum absolute atomic E-state index is 10.6. The average molecular weight is 225 g/mol. The molecule has 0 saturated heterocycles. The summed E-state index contributed by atoms with van der Waals surface area (Å²) in [5, 5.41) is 13.8. The smallest absolute Gasteiger partial charge is 0.0989 e. The third-order valence-corrected chi connectivity index (χ3v) is 4.61. The van der Waals surface area contributed by atoms with Gasteiger partial charge >= 0.3 is 0 Å². The van der Waals surface area contributed by atoms with Crippen molar-refractivity contribution in [1.82, 2.24) is 5.32 Å². The summed E-state index contributed by atoms with van der Waals surface area (Å²) in [5.41, 5.74) is -0.549. The lowest BCUT2D eigenvalue weighted by molar-refractivity contribution is -0.00429. The number of hydrogen-bond acceptors (Lipinski definition) is 3. The van der Waals surface area contributed by atoms with Gasteiger partial charge in [-0.1, -0.05) is 0 Å². The van der Waals surface area contributed by atoms with Crippen LogP contribution in [-0.2, 0) is 5.60 Å². The largest absolute Gasteiger partial charge is 0.384 e. The van der Waals surface area contributed by atoms with E-state index >= 15 is 0 Å². The molecule has 0 unspecified atom stereocenters. The second-order valence-electron chi connectivity index (χ2n) is 4.50. The number of hydrogen-bond donors (Lipinski definition) is 2. The molecule has 0 bridgehead atoms. The highest BCUT2D eigenvalue weighted by Gasteiger charge is 2.35. The Morgan fingerprint density at radius 2 is 2.07 bits per heavy atom. The molecular weight excluding hydrogens is 206 g/mol. The van der Waals surface area contributed by atoms with Crippen LogP contribution in [0.5, 0.6) is 0 Å². The summed E-state index contributed by atoms with van der Waals surface area (Å²) in [7, 11) is 2.00. The minimum Gasteiger partial charge on any atom is -0.384 e. The second-order valence-corrected chi connectivity index (χ2v) is 5.79. The van der Waals surface area contributed by atoms with Crippen molar-refractivity contribution in [2.24, 2.45) is 0 Å². The van der Waals surface area contributed by atoms with E-state index in [0.717, 1.165) is 30.6 Å². The van der Waals surface area contributed by atoms with Crippen molar-refractivity contribution in [3.8, 4) is 0 Å². The van der Waals surface area contributed by atoms with E-state index in [0.29, 0.717) is 6.04 Å². The van der Waals surface area contributed by atoms with E-state index in [4.69, 9.17) is 0 Å². The molecule has 0 aliphatic heterocycles. The molecular formula is C12H19NOS. The van der Waals surface area contributed by atoms with Gasteiger partial charge in [0.15, 0.2) is 0 Å². The Bertz CT molecular complexity index is 326. The fourth-order valence-electron chi connectivity index (χ4n) is 2.32. The number of aryl methyl sites for hydroxylation is 1. The van der Waals surface area contributed by atoms with Crippen LogP contribution in [0.25, 0.3) is 0 Å². The van der Waals surface area contributed by atoms with Crippen molar-refractivity contribution >= 4 is 11.3 Å². The summed E-state index contributed by atoms with van der Waals surface area (Å²) in [6, 6.07) is 4.77. The lowest BCUT2D eigenvalue weighted by Crippen LogP contribution is -2.37. The average Bonchev–Trinajstić information content (AvgIpc) is 2.67.